The average Bonchev–Trinajstić information content (AvgIpc) is 2.62. The van der Waals surface area contributed by atoms with Crippen LogP contribution in [0.4, 0.5) is 5.69 Å². The van der Waals surface area contributed by atoms with Crippen molar-refractivity contribution >= 4 is 11.6 Å². The number of hydrogen-bond donors (Lipinski definition) is 1. The van der Waals surface area contributed by atoms with Crippen LogP contribution in [0.15, 0.2) is 42.7 Å². The number of anilines is 1. The van der Waals surface area contributed by atoms with E-state index in [1.807, 2.05) is 30.3 Å². The van der Waals surface area contributed by atoms with Crippen molar-refractivity contribution in [2.75, 3.05) is 5.32 Å². The summed E-state index contributed by atoms with van der Waals surface area (Å²) >= 11 is 0. The van der Waals surface area contributed by atoms with Gasteiger partial charge in [-0.1, -0.05) is 18.2 Å². The third kappa shape index (κ3) is 3.55. The molecule has 5 nitrogen and oxygen atoms in total. The number of benzene rings is 1. The van der Waals surface area contributed by atoms with Crippen LogP contribution in [0, 0.1) is 23.2 Å². The van der Waals surface area contributed by atoms with E-state index in [9.17, 15) is 4.79 Å². The van der Waals surface area contributed by atoms with Crippen LogP contribution in [0.3, 0.4) is 0 Å². The van der Waals surface area contributed by atoms with Crippen molar-refractivity contribution in [3.63, 3.8) is 0 Å². The van der Waals surface area contributed by atoms with Crippen LogP contribution in [0.1, 0.15) is 44.9 Å². The lowest BCUT2D eigenvalue weighted by Crippen LogP contribution is -2.47. The second-order valence-electron chi connectivity index (χ2n) is 8.81. The Balaban J connectivity index is 1.20. The number of para-hydroxylation sites is 1. The Kier molecular flexibility index (Phi) is 4.10. The number of rotatable bonds is 5. The van der Waals surface area contributed by atoms with Gasteiger partial charge in [0.15, 0.2) is 0 Å². The van der Waals surface area contributed by atoms with Gasteiger partial charge in [-0.15, -0.1) is 0 Å². The number of carbonyl (C=O) groups excluding carboxylic acids is 1. The maximum Gasteiger partial charge on any atom is 0.322 e. The van der Waals surface area contributed by atoms with Gasteiger partial charge in [-0.2, -0.15) is 0 Å². The second-order valence-corrected chi connectivity index (χ2v) is 8.81. The zero-order chi connectivity index (χ0) is 18.3. The fourth-order valence-corrected chi connectivity index (χ4v) is 6.08. The number of amides is 1. The molecule has 27 heavy (non-hydrogen) atoms. The molecular formula is C22H25N3O2. The zero-order valence-electron chi connectivity index (χ0n) is 15.4. The summed E-state index contributed by atoms with van der Waals surface area (Å²) in [5.41, 5.74) is 0.876. The fourth-order valence-electron chi connectivity index (χ4n) is 6.08. The third-order valence-electron chi connectivity index (χ3n) is 6.56. The van der Waals surface area contributed by atoms with Crippen molar-refractivity contribution < 1.29 is 9.53 Å². The summed E-state index contributed by atoms with van der Waals surface area (Å²) in [6.07, 6.45) is 11.8. The molecule has 1 N–H and O–H groups in total. The molecule has 4 aliphatic carbocycles. The average molecular weight is 363 g/mol. The first-order valence-corrected chi connectivity index (χ1v) is 10.0. The van der Waals surface area contributed by atoms with Crippen molar-refractivity contribution in [1.29, 1.82) is 0 Å². The lowest BCUT2D eigenvalue weighted by molar-refractivity contribution is -0.124. The topological polar surface area (TPSA) is 64.1 Å². The van der Waals surface area contributed by atoms with Gasteiger partial charge in [0.2, 0.25) is 5.91 Å². The summed E-state index contributed by atoms with van der Waals surface area (Å²) in [6, 6.07) is 9.70. The van der Waals surface area contributed by atoms with Gasteiger partial charge < -0.3 is 10.1 Å². The van der Waals surface area contributed by atoms with Gasteiger partial charge in [0.1, 0.15) is 5.75 Å². The van der Waals surface area contributed by atoms with E-state index in [2.05, 4.69) is 15.3 Å². The standard InChI is InChI=1S/C22H25N3O2/c26-20(12-22-9-15-6-16(10-22)8-17(7-15)11-22)25-18-13-23-21(24-14-18)27-19-4-2-1-3-5-19/h1-5,13-17H,6-12H2,(H,25,26). The molecule has 0 saturated heterocycles. The molecule has 6 rings (SSSR count). The van der Waals surface area contributed by atoms with Crippen LogP contribution in [0.25, 0.3) is 0 Å². The molecule has 140 valence electrons. The highest BCUT2D eigenvalue weighted by Crippen LogP contribution is 2.61. The Morgan fingerprint density at radius 2 is 1.59 bits per heavy atom. The SMILES string of the molecule is O=C(CC12CC3CC(CC(C3)C1)C2)Nc1cnc(Oc2ccccc2)nc1. The minimum Gasteiger partial charge on any atom is -0.424 e. The Hall–Kier alpha value is -2.43. The Labute approximate surface area is 159 Å². The molecule has 0 radical (unpaired) electrons. The van der Waals surface area contributed by atoms with Gasteiger partial charge in [-0.05, 0) is 73.8 Å². The Morgan fingerprint density at radius 1 is 1.00 bits per heavy atom. The van der Waals surface area contributed by atoms with Crippen molar-refractivity contribution in [3.05, 3.63) is 42.7 Å². The highest BCUT2D eigenvalue weighted by molar-refractivity contribution is 5.90. The summed E-state index contributed by atoms with van der Waals surface area (Å²) in [5.74, 6) is 3.37. The highest BCUT2D eigenvalue weighted by Gasteiger charge is 2.51. The molecule has 1 aromatic carbocycles. The lowest BCUT2D eigenvalue weighted by atomic mass is 9.49. The molecule has 1 amide bonds. The molecular weight excluding hydrogens is 338 g/mol. The minimum absolute atomic E-state index is 0.0947. The minimum atomic E-state index is 0.0947. The summed E-state index contributed by atoms with van der Waals surface area (Å²) in [7, 11) is 0. The van der Waals surface area contributed by atoms with Gasteiger partial charge in [-0.3, -0.25) is 4.79 Å². The Bertz CT molecular complexity index is 784. The first kappa shape index (κ1) is 16.7. The van der Waals surface area contributed by atoms with Gasteiger partial charge in [0.05, 0.1) is 18.1 Å². The van der Waals surface area contributed by atoms with Gasteiger partial charge >= 0.3 is 6.01 Å². The fraction of sp³-hybridized carbons (Fsp3) is 0.500. The Morgan fingerprint density at radius 3 is 2.19 bits per heavy atom. The maximum atomic E-state index is 12.7. The first-order chi connectivity index (χ1) is 13.2. The quantitative estimate of drug-likeness (QED) is 0.828. The lowest BCUT2D eigenvalue weighted by Gasteiger charge is -2.56. The molecule has 0 atom stereocenters. The summed E-state index contributed by atoms with van der Waals surface area (Å²) in [6.45, 7) is 0. The van der Waals surface area contributed by atoms with Crippen LogP contribution in [0.5, 0.6) is 11.8 Å². The van der Waals surface area contributed by atoms with E-state index in [0.717, 1.165) is 17.8 Å². The van der Waals surface area contributed by atoms with Crippen LogP contribution in [-0.4, -0.2) is 15.9 Å². The van der Waals surface area contributed by atoms with Gasteiger partial charge in [0, 0.05) is 6.42 Å². The van der Waals surface area contributed by atoms with E-state index in [-0.39, 0.29) is 17.3 Å². The van der Waals surface area contributed by atoms with Crippen molar-refractivity contribution in [2.24, 2.45) is 23.2 Å². The molecule has 4 aliphatic rings. The monoisotopic (exact) mass is 363 g/mol. The van der Waals surface area contributed by atoms with Crippen molar-refractivity contribution in [1.82, 2.24) is 9.97 Å². The molecule has 5 heteroatoms. The number of carbonyl (C=O) groups is 1. The molecule has 2 aromatic rings. The van der Waals surface area contributed by atoms with E-state index >= 15 is 0 Å². The van der Waals surface area contributed by atoms with Crippen LogP contribution >= 0.6 is 0 Å². The third-order valence-corrected chi connectivity index (χ3v) is 6.56. The van der Waals surface area contributed by atoms with Crippen molar-refractivity contribution in [2.45, 2.75) is 44.9 Å². The maximum absolute atomic E-state index is 12.7. The molecule has 1 heterocycles. The predicted octanol–water partition coefficient (Wildman–Crippen LogP) is 4.81. The number of ether oxygens (including phenoxy) is 1. The van der Waals surface area contributed by atoms with Crippen molar-refractivity contribution in [3.8, 4) is 11.8 Å². The van der Waals surface area contributed by atoms with Gasteiger partial charge in [-0.25, -0.2) is 9.97 Å². The molecule has 1 aromatic heterocycles. The predicted molar refractivity (Wildman–Crippen MR) is 102 cm³/mol. The largest absolute Gasteiger partial charge is 0.424 e. The smallest absolute Gasteiger partial charge is 0.322 e. The first-order valence-electron chi connectivity index (χ1n) is 10.0. The van der Waals surface area contributed by atoms with Gasteiger partial charge in [0.25, 0.3) is 0 Å². The molecule has 4 fully saturated rings. The van der Waals surface area contributed by atoms with E-state index in [4.69, 9.17) is 4.74 Å². The molecule has 0 aliphatic heterocycles. The van der Waals surface area contributed by atoms with E-state index in [0.29, 0.717) is 17.9 Å². The van der Waals surface area contributed by atoms with E-state index in [1.165, 1.54) is 38.5 Å². The molecule has 4 saturated carbocycles. The van der Waals surface area contributed by atoms with Crippen LogP contribution in [0.2, 0.25) is 0 Å². The molecule has 4 bridgehead atoms. The summed E-state index contributed by atoms with van der Waals surface area (Å²) in [4.78, 5) is 21.1. The molecule has 0 unspecified atom stereocenters. The number of nitrogens with one attached hydrogen (secondary N) is 1. The number of nitrogens with zero attached hydrogens (tertiary/aromatic N) is 2. The van der Waals surface area contributed by atoms with Crippen LogP contribution in [-0.2, 0) is 4.79 Å². The second kappa shape index (κ2) is 6.63. The zero-order valence-corrected chi connectivity index (χ0v) is 15.4. The molecule has 0 spiro atoms. The summed E-state index contributed by atoms with van der Waals surface area (Å²) in [5, 5.41) is 2.99. The normalized spacial score (nSPS) is 30.9. The summed E-state index contributed by atoms with van der Waals surface area (Å²) < 4.78 is 5.59. The highest BCUT2D eigenvalue weighted by atomic mass is 16.5. The number of aromatic nitrogens is 2. The van der Waals surface area contributed by atoms with E-state index in [1.54, 1.807) is 12.4 Å². The number of hydrogen-bond acceptors (Lipinski definition) is 4. The van der Waals surface area contributed by atoms with E-state index < -0.39 is 0 Å². The van der Waals surface area contributed by atoms with Crippen LogP contribution < -0.4 is 10.1 Å².